The number of rotatable bonds is 8. The maximum Gasteiger partial charge on any atom is 0.243 e. The minimum Gasteiger partial charge on any atom is -0.495 e. The topological polar surface area (TPSA) is 92.9 Å². The number of aliphatic hydroxyl groups is 1. The van der Waals surface area contributed by atoms with Crippen molar-refractivity contribution in [1.29, 1.82) is 0 Å². The van der Waals surface area contributed by atoms with Crippen LogP contribution in [0.1, 0.15) is 19.8 Å². The predicted molar refractivity (Wildman–Crippen MR) is 78.2 cm³/mol. The summed E-state index contributed by atoms with van der Waals surface area (Å²) in [6.45, 7) is 2.23. The van der Waals surface area contributed by atoms with Crippen LogP contribution in [0.25, 0.3) is 0 Å². The van der Waals surface area contributed by atoms with E-state index in [9.17, 15) is 8.42 Å². The van der Waals surface area contributed by atoms with Crippen molar-refractivity contribution in [2.75, 3.05) is 32.5 Å². The number of hydrogen-bond donors (Lipinski definition) is 2. The second kappa shape index (κ2) is 7.47. The molecule has 0 aromatic heterocycles. The zero-order valence-electron chi connectivity index (χ0n) is 11.9. The Morgan fingerprint density at radius 3 is 2.55 bits per heavy atom. The van der Waals surface area contributed by atoms with Gasteiger partial charge in [0.1, 0.15) is 5.75 Å². The summed E-state index contributed by atoms with van der Waals surface area (Å²) in [5.74, 6) is 0.436. The van der Waals surface area contributed by atoms with E-state index in [0.717, 1.165) is 12.8 Å². The van der Waals surface area contributed by atoms with Gasteiger partial charge in [0, 0.05) is 13.1 Å². The van der Waals surface area contributed by atoms with E-state index in [2.05, 4.69) is 0 Å². The fraction of sp³-hybridized carbons (Fsp3) is 0.538. The van der Waals surface area contributed by atoms with E-state index in [1.54, 1.807) is 0 Å². The normalized spacial score (nSPS) is 11.8. The summed E-state index contributed by atoms with van der Waals surface area (Å²) in [6.07, 6.45) is 1.62. The molecule has 0 saturated carbocycles. The molecule has 0 heterocycles. The van der Waals surface area contributed by atoms with Crippen LogP contribution in [0.5, 0.6) is 5.75 Å². The standard InChI is InChI=1S/C13H22N2O4S/c1-3-4-7-15(8-9-16)20(17,18)11-5-6-13(19-2)12(14)10-11/h5-6,10,16H,3-4,7-9,14H2,1-2H3. The first-order valence-electron chi connectivity index (χ1n) is 6.51. The molecule has 7 heteroatoms. The van der Waals surface area contributed by atoms with E-state index in [1.165, 1.54) is 29.6 Å². The average molecular weight is 302 g/mol. The molecule has 0 aliphatic rings. The van der Waals surface area contributed by atoms with Crippen molar-refractivity contribution in [3.63, 3.8) is 0 Å². The number of benzene rings is 1. The van der Waals surface area contributed by atoms with Crippen molar-refractivity contribution in [2.45, 2.75) is 24.7 Å². The molecule has 114 valence electrons. The first-order valence-corrected chi connectivity index (χ1v) is 7.95. The van der Waals surface area contributed by atoms with Crippen LogP contribution in [0, 0.1) is 0 Å². The number of anilines is 1. The molecule has 0 fully saturated rings. The highest BCUT2D eigenvalue weighted by Gasteiger charge is 2.24. The Morgan fingerprint density at radius 1 is 1.35 bits per heavy atom. The van der Waals surface area contributed by atoms with E-state index in [-0.39, 0.29) is 23.7 Å². The van der Waals surface area contributed by atoms with Crippen LogP contribution in [-0.4, -0.2) is 44.6 Å². The molecule has 6 nitrogen and oxygen atoms in total. The highest BCUT2D eigenvalue weighted by Crippen LogP contribution is 2.26. The zero-order valence-corrected chi connectivity index (χ0v) is 12.7. The molecule has 1 aromatic rings. The van der Waals surface area contributed by atoms with Crippen LogP contribution >= 0.6 is 0 Å². The van der Waals surface area contributed by atoms with Crippen LogP contribution in [0.15, 0.2) is 23.1 Å². The summed E-state index contributed by atoms with van der Waals surface area (Å²) in [4.78, 5) is 0.111. The maximum atomic E-state index is 12.5. The van der Waals surface area contributed by atoms with Gasteiger partial charge in [-0.3, -0.25) is 0 Å². The average Bonchev–Trinajstić information content (AvgIpc) is 2.43. The van der Waals surface area contributed by atoms with E-state index in [1.807, 2.05) is 6.92 Å². The van der Waals surface area contributed by atoms with Gasteiger partial charge in [-0.2, -0.15) is 4.31 Å². The Kier molecular flexibility index (Phi) is 6.25. The Labute approximate surface area is 120 Å². The summed E-state index contributed by atoms with van der Waals surface area (Å²) in [7, 11) is -2.17. The Balaban J connectivity index is 3.08. The van der Waals surface area contributed by atoms with Crippen molar-refractivity contribution >= 4 is 15.7 Å². The number of unbranched alkanes of at least 4 members (excludes halogenated alkanes) is 1. The lowest BCUT2D eigenvalue weighted by Gasteiger charge is -2.21. The molecule has 0 unspecified atom stereocenters. The Bertz CT molecular complexity index is 531. The molecule has 20 heavy (non-hydrogen) atoms. The second-order valence-electron chi connectivity index (χ2n) is 4.39. The van der Waals surface area contributed by atoms with Gasteiger partial charge in [0.25, 0.3) is 0 Å². The third-order valence-electron chi connectivity index (χ3n) is 2.95. The van der Waals surface area contributed by atoms with E-state index >= 15 is 0 Å². The second-order valence-corrected chi connectivity index (χ2v) is 6.32. The quantitative estimate of drug-likeness (QED) is 0.700. The summed E-state index contributed by atoms with van der Waals surface area (Å²) in [5, 5.41) is 9.03. The van der Waals surface area contributed by atoms with Crippen LogP contribution in [-0.2, 0) is 10.0 Å². The van der Waals surface area contributed by atoms with E-state index < -0.39 is 10.0 Å². The van der Waals surface area contributed by atoms with Crippen LogP contribution in [0.4, 0.5) is 5.69 Å². The molecule has 0 atom stereocenters. The lowest BCUT2D eigenvalue weighted by Crippen LogP contribution is -2.34. The highest BCUT2D eigenvalue weighted by molar-refractivity contribution is 7.89. The van der Waals surface area contributed by atoms with E-state index in [0.29, 0.717) is 12.3 Å². The molecule has 0 bridgehead atoms. The molecule has 0 aliphatic carbocycles. The largest absolute Gasteiger partial charge is 0.495 e. The number of methoxy groups -OCH3 is 1. The first-order chi connectivity index (χ1) is 9.47. The van der Waals surface area contributed by atoms with Crippen molar-refractivity contribution in [3.8, 4) is 5.75 Å². The van der Waals surface area contributed by atoms with Gasteiger partial charge in [0.05, 0.1) is 24.3 Å². The summed E-state index contributed by atoms with van der Waals surface area (Å²) < 4.78 is 31.3. The van der Waals surface area contributed by atoms with Crippen LogP contribution in [0.3, 0.4) is 0 Å². The molecule has 1 aromatic carbocycles. The highest BCUT2D eigenvalue weighted by atomic mass is 32.2. The molecule has 0 saturated heterocycles. The molecule has 0 aliphatic heterocycles. The third-order valence-corrected chi connectivity index (χ3v) is 4.84. The number of nitrogens with zero attached hydrogens (tertiary/aromatic N) is 1. The Hall–Kier alpha value is -1.31. The number of nitrogen functional groups attached to an aromatic ring is 1. The lowest BCUT2D eigenvalue weighted by atomic mass is 10.3. The fourth-order valence-electron chi connectivity index (χ4n) is 1.82. The van der Waals surface area contributed by atoms with Gasteiger partial charge in [-0.1, -0.05) is 13.3 Å². The minimum absolute atomic E-state index is 0.0776. The van der Waals surface area contributed by atoms with Crippen molar-refractivity contribution in [1.82, 2.24) is 4.31 Å². The summed E-state index contributed by atoms with van der Waals surface area (Å²) in [5.41, 5.74) is 6.02. The monoisotopic (exact) mass is 302 g/mol. The van der Waals surface area contributed by atoms with E-state index in [4.69, 9.17) is 15.6 Å². The molecule has 0 spiro atoms. The molecule has 1 rings (SSSR count). The summed E-state index contributed by atoms with van der Waals surface area (Å²) in [6, 6.07) is 4.37. The van der Waals surface area contributed by atoms with Gasteiger partial charge in [-0.15, -0.1) is 0 Å². The smallest absolute Gasteiger partial charge is 0.243 e. The van der Waals surface area contributed by atoms with Gasteiger partial charge in [0.2, 0.25) is 10.0 Å². The van der Waals surface area contributed by atoms with Gasteiger partial charge in [0.15, 0.2) is 0 Å². The first kappa shape index (κ1) is 16.7. The zero-order chi connectivity index (χ0) is 15.2. The van der Waals surface area contributed by atoms with Crippen LogP contribution < -0.4 is 10.5 Å². The number of sulfonamides is 1. The van der Waals surface area contributed by atoms with Gasteiger partial charge < -0.3 is 15.6 Å². The van der Waals surface area contributed by atoms with Crippen LogP contribution in [0.2, 0.25) is 0 Å². The number of aliphatic hydroxyl groups excluding tert-OH is 1. The molecule has 3 N–H and O–H groups in total. The molecule has 0 amide bonds. The third kappa shape index (κ3) is 3.84. The van der Waals surface area contributed by atoms with Crippen molar-refractivity contribution in [2.24, 2.45) is 0 Å². The maximum absolute atomic E-state index is 12.5. The number of nitrogens with two attached hydrogens (primary N) is 1. The number of ether oxygens (including phenoxy) is 1. The fourth-order valence-corrected chi connectivity index (χ4v) is 3.33. The number of hydrogen-bond acceptors (Lipinski definition) is 5. The van der Waals surface area contributed by atoms with Gasteiger partial charge in [-0.05, 0) is 24.6 Å². The molecule has 0 radical (unpaired) electrons. The minimum atomic E-state index is -3.65. The lowest BCUT2D eigenvalue weighted by molar-refractivity contribution is 0.252. The Morgan fingerprint density at radius 2 is 2.05 bits per heavy atom. The van der Waals surface area contributed by atoms with Gasteiger partial charge >= 0.3 is 0 Å². The van der Waals surface area contributed by atoms with Crippen molar-refractivity contribution in [3.05, 3.63) is 18.2 Å². The van der Waals surface area contributed by atoms with Gasteiger partial charge in [-0.25, -0.2) is 8.42 Å². The molecular formula is C13H22N2O4S. The summed E-state index contributed by atoms with van der Waals surface area (Å²) >= 11 is 0. The molecular weight excluding hydrogens is 280 g/mol. The van der Waals surface area contributed by atoms with Crippen molar-refractivity contribution < 1.29 is 18.3 Å². The SMILES string of the molecule is CCCCN(CCO)S(=O)(=O)c1ccc(OC)c(N)c1. The predicted octanol–water partition coefficient (Wildman–Crippen LogP) is 1.06.